The lowest BCUT2D eigenvalue weighted by atomic mass is 10.1. The van der Waals surface area contributed by atoms with E-state index in [9.17, 15) is 4.79 Å². The second kappa shape index (κ2) is 6.24. The molecule has 21 heavy (non-hydrogen) atoms. The van der Waals surface area contributed by atoms with Crippen LogP contribution in [-0.2, 0) is 11.3 Å². The van der Waals surface area contributed by atoms with E-state index < -0.39 is 0 Å². The number of anilines is 1. The molecule has 4 nitrogen and oxygen atoms in total. The van der Waals surface area contributed by atoms with E-state index in [1.165, 1.54) is 0 Å². The number of nitrogens with one attached hydrogen (secondary N) is 1. The highest BCUT2D eigenvalue weighted by Crippen LogP contribution is 2.31. The van der Waals surface area contributed by atoms with Gasteiger partial charge in [-0.05, 0) is 32.4 Å². The summed E-state index contributed by atoms with van der Waals surface area (Å²) in [5, 5.41) is 4.19. The van der Waals surface area contributed by atoms with Gasteiger partial charge in [0.2, 0.25) is 5.91 Å². The van der Waals surface area contributed by atoms with Crippen LogP contribution in [0.3, 0.4) is 0 Å². The standard InChI is InChI=1S/C16H24ClN3O/c1-16(2,3)18-10-12-6-5-7-13(17)15(12)20-9-8-19(4)14(21)11-20/h5-7,18H,8-11H2,1-4H3. The smallest absolute Gasteiger partial charge is 0.241 e. The molecule has 1 fully saturated rings. The molecule has 1 N–H and O–H groups in total. The van der Waals surface area contributed by atoms with Crippen molar-refractivity contribution in [3.63, 3.8) is 0 Å². The van der Waals surface area contributed by atoms with Gasteiger partial charge in [0, 0.05) is 32.2 Å². The number of piperazine rings is 1. The highest BCUT2D eigenvalue weighted by molar-refractivity contribution is 6.33. The maximum atomic E-state index is 11.9. The van der Waals surface area contributed by atoms with Crippen LogP contribution in [0.2, 0.25) is 5.02 Å². The summed E-state index contributed by atoms with van der Waals surface area (Å²) >= 11 is 6.40. The van der Waals surface area contributed by atoms with Gasteiger partial charge in [0.15, 0.2) is 0 Å². The van der Waals surface area contributed by atoms with E-state index in [0.29, 0.717) is 11.6 Å². The molecule has 0 spiro atoms. The zero-order valence-electron chi connectivity index (χ0n) is 13.2. The van der Waals surface area contributed by atoms with Gasteiger partial charge in [0.1, 0.15) is 0 Å². The van der Waals surface area contributed by atoms with Crippen molar-refractivity contribution in [1.82, 2.24) is 10.2 Å². The second-order valence-corrected chi connectivity index (χ2v) is 7.00. The summed E-state index contributed by atoms with van der Waals surface area (Å²) in [5.41, 5.74) is 2.16. The Hall–Kier alpha value is -1.26. The van der Waals surface area contributed by atoms with Gasteiger partial charge in [0.25, 0.3) is 0 Å². The molecule has 0 unspecified atom stereocenters. The zero-order chi connectivity index (χ0) is 15.6. The lowest BCUT2D eigenvalue weighted by Gasteiger charge is -2.35. The molecule has 0 bridgehead atoms. The number of para-hydroxylation sites is 1. The molecule has 1 aromatic carbocycles. The average Bonchev–Trinajstić information content (AvgIpc) is 2.39. The van der Waals surface area contributed by atoms with Gasteiger partial charge in [-0.2, -0.15) is 0 Å². The van der Waals surface area contributed by atoms with Gasteiger partial charge in [-0.3, -0.25) is 4.79 Å². The number of halogens is 1. The highest BCUT2D eigenvalue weighted by atomic mass is 35.5. The number of benzene rings is 1. The quantitative estimate of drug-likeness (QED) is 0.932. The third-order valence-corrected chi connectivity index (χ3v) is 3.96. The van der Waals surface area contributed by atoms with E-state index in [2.05, 4.69) is 37.1 Å². The Balaban J connectivity index is 2.23. The van der Waals surface area contributed by atoms with Gasteiger partial charge in [-0.25, -0.2) is 0 Å². The van der Waals surface area contributed by atoms with Crippen LogP contribution in [0.1, 0.15) is 26.3 Å². The molecule has 1 aliphatic rings. The number of likely N-dealkylation sites (N-methyl/N-ethyl adjacent to an activating group) is 1. The summed E-state index contributed by atoms with van der Waals surface area (Å²) < 4.78 is 0. The first-order chi connectivity index (χ1) is 9.78. The Kier molecular flexibility index (Phi) is 4.79. The molecular formula is C16H24ClN3O. The summed E-state index contributed by atoms with van der Waals surface area (Å²) in [4.78, 5) is 15.8. The molecule has 0 aliphatic carbocycles. The van der Waals surface area contributed by atoms with Crippen molar-refractivity contribution in [1.29, 1.82) is 0 Å². The number of rotatable bonds is 3. The van der Waals surface area contributed by atoms with Crippen LogP contribution in [0.25, 0.3) is 0 Å². The Morgan fingerprint density at radius 3 is 2.62 bits per heavy atom. The summed E-state index contributed by atoms with van der Waals surface area (Å²) in [7, 11) is 1.84. The number of carbonyl (C=O) groups is 1. The van der Waals surface area contributed by atoms with Crippen LogP contribution < -0.4 is 10.2 Å². The first-order valence-electron chi connectivity index (χ1n) is 7.29. The molecule has 1 saturated heterocycles. The van der Waals surface area contributed by atoms with Gasteiger partial charge in [-0.15, -0.1) is 0 Å². The van der Waals surface area contributed by atoms with E-state index >= 15 is 0 Å². The maximum absolute atomic E-state index is 11.9. The number of nitrogens with zero attached hydrogens (tertiary/aromatic N) is 2. The van der Waals surface area contributed by atoms with Gasteiger partial charge >= 0.3 is 0 Å². The normalized spacial score (nSPS) is 16.5. The van der Waals surface area contributed by atoms with Crippen LogP contribution in [0, 0.1) is 0 Å². The largest absolute Gasteiger partial charge is 0.359 e. The second-order valence-electron chi connectivity index (χ2n) is 6.59. The van der Waals surface area contributed by atoms with E-state index in [-0.39, 0.29) is 11.4 Å². The van der Waals surface area contributed by atoms with Crippen molar-refractivity contribution in [2.45, 2.75) is 32.9 Å². The monoisotopic (exact) mass is 309 g/mol. The number of hydrogen-bond donors (Lipinski definition) is 1. The summed E-state index contributed by atoms with van der Waals surface area (Å²) in [6, 6.07) is 5.92. The third-order valence-electron chi connectivity index (χ3n) is 3.65. The minimum Gasteiger partial charge on any atom is -0.359 e. The van der Waals surface area contributed by atoms with Crippen molar-refractivity contribution in [3.05, 3.63) is 28.8 Å². The van der Waals surface area contributed by atoms with Crippen molar-refractivity contribution in [3.8, 4) is 0 Å². The zero-order valence-corrected chi connectivity index (χ0v) is 14.0. The summed E-state index contributed by atoms with van der Waals surface area (Å²) in [5.74, 6) is 0.135. The van der Waals surface area contributed by atoms with E-state index in [4.69, 9.17) is 11.6 Å². The fraction of sp³-hybridized carbons (Fsp3) is 0.562. The molecule has 2 rings (SSSR count). The molecule has 0 saturated carbocycles. The van der Waals surface area contributed by atoms with Gasteiger partial charge in [0.05, 0.1) is 17.3 Å². The average molecular weight is 310 g/mol. The van der Waals surface area contributed by atoms with Crippen molar-refractivity contribution >= 4 is 23.2 Å². The minimum absolute atomic E-state index is 0.0392. The first-order valence-corrected chi connectivity index (χ1v) is 7.67. The predicted octanol–water partition coefficient (Wildman–Crippen LogP) is 2.51. The van der Waals surface area contributed by atoms with Crippen molar-refractivity contribution in [2.24, 2.45) is 0 Å². The SMILES string of the molecule is CN1CCN(c2c(Cl)cccc2CNC(C)(C)C)CC1=O. The molecule has 116 valence electrons. The Bertz CT molecular complexity index is 525. The van der Waals surface area contributed by atoms with Crippen molar-refractivity contribution in [2.75, 3.05) is 31.6 Å². The molecule has 0 aromatic heterocycles. The number of amides is 1. The third kappa shape index (κ3) is 4.11. The summed E-state index contributed by atoms with van der Waals surface area (Å²) in [6.45, 7) is 9.08. The van der Waals surface area contributed by atoms with Crippen molar-refractivity contribution < 1.29 is 4.79 Å². The first kappa shape index (κ1) is 16.1. The Morgan fingerprint density at radius 1 is 1.29 bits per heavy atom. The van der Waals surface area contributed by atoms with Gasteiger partial charge < -0.3 is 15.1 Å². The molecule has 5 heteroatoms. The van der Waals surface area contributed by atoms with E-state index in [0.717, 1.165) is 30.9 Å². The topological polar surface area (TPSA) is 35.6 Å². The predicted molar refractivity (Wildman–Crippen MR) is 87.9 cm³/mol. The molecule has 1 heterocycles. The number of hydrogen-bond acceptors (Lipinski definition) is 3. The molecule has 1 amide bonds. The maximum Gasteiger partial charge on any atom is 0.241 e. The minimum atomic E-state index is 0.0392. The van der Waals surface area contributed by atoms with Crippen LogP contribution in [-0.4, -0.2) is 43.0 Å². The lowest BCUT2D eigenvalue weighted by Crippen LogP contribution is -2.49. The van der Waals surface area contributed by atoms with E-state index in [1.807, 2.05) is 19.2 Å². The fourth-order valence-electron chi connectivity index (χ4n) is 2.37. The molecule has 1 aliphatic heterocycles. The Morgan fingerprint density at radius 2 is 2.00 bits per heavy atom. The highest BCUT2D eigenvalue weighted by Gasteiger charge is 2.24. The molecule has 0 radical (unpaired) electrons. The Labute approximate surface area is 132 Å². The van der Waals surface area contributed by atoms with Crippen LogP contribution in [0.4, 0.5) is 5.69 Å². The van der Waals surface area contributed by atoms with Crippen LogP contribution in [0.15, 0.2) is 18.2 Å². The summed E-state index contributed by atoms with van der Waals surface area (Å²) in [6.07, 6.45) is 0. The van der Waals surface area contributed by atoms with E-state index in [1.54, 1.807) is 4.90 Å². The molecular weight excluding hydrogens is 286 g/mol. The fourth-order valence-corrected chi connectivity index (χ4v) is 2.68. The van der Waals surface area contributed by atoms with Crippen LogP contribution in [0.5, 0.6) is 0 Å². The number of carbonyl (C=O) groups excluding carboxylic acids is 1. The molecule has 1 aromatic rings. The lowest BCUT2D eigenvalue weighted by molar-refractivity contribution is -0.129. The van der Waals surface area contributed by atoms with Crippen LogP contribution >= 0.6 is 11.6 Å². The molecule has 0 atom stereocenters. The van der Waals surface area contributed by atoms with Gasteiger partial charge in [-0.1, -0.05) is 23.7 Å².